The van der Waals surface area contributed by atoms with Gasteiger partial charge in [0, 0.05) is 17.2 Å². The maximum absolute atomic E-state index is 12.9. The summed E-state index contributed by atoms with van der Waals surface area (Å²) in [7, 11) is 0. The smallest absolute Gasteiger partial charge is 0.223 e. The summed E-state index contributed by atoms with van der Waals surface area (Å²) in [6.07, 6.45) is 6.61. The third-order valence-electron chi connectivity index (χ3n) is 6.51. The maximum atomic E-state index is 12.9. The molecule has 2 nitrogen and oxygen atoms in total. The molecule has 124 valence electrons. The van der Waals surface area contributed by atoms with E-state index in [2.05, 4.69) is 24.4 Å². The number of benzene rings is 1. The number of carbonyl (C=O) groups excluding carboxylic acids is 1. The average Bonchev–Trinajstić information content (AvgIpc) is 2.54. The molecule has 3 heteroatoms. The Balaban J connectivity index is 1.42. The van der Waals surface area contributed by atoms with Gasteiger partial charge in [-0.15, -0.1) is 0 Å². The van der Waals surface area contributed by atoms with Crippen molar-refractivity contribution >= 4 is 18.5 Å². The van der Waals surface area contributed by atoms with Crippen molar-refractivity contribution in [1.29, 1.82) is 0 Å². The molecular formula is C20H27NOS. The largest absolute Gasteiger partial charge is 0.352 e. The quantitative estimate of drug-likeness (QED) is 0.795. The maximum Gasteiger partial charge on any atom is 0.223 e. The molecule has 0 saturated heterocycles. The molecule has 4 saturated carbocycles. The van der Waals surface area contributed by atoms with E-state index in [0.717, 1.165) is 11.8 Å². The Kier molecular flexibility index (Phi) is 4.17. The van der Waals surface area contributed by atoms with Crippen LogP contribution in [0.15, 0.2) is 30.3 Å². The van der Waals surface area contributed by atoms with Gasteiger partial charge in [0.15, 0.2) is 0 Å². The van der Waals surface area contributed by atoms with Gasteiger partial charge in [0.05, 0.1) is 0 Å². The molecule has 2 unspecified atom stereocenters. The zero-order valence-electron chi connectivity index (χ0n) is 13.8. The van der Waals surface area contributed by atoms with Gasteiger partial charge in [-0.3, -0.25) is 4.79 Å². The molecule has 2 atom stereocenters. The van der Waals surface area contributed by atoms with Crippen LogP contribution in [0.5, 0.6) is 0 Å². The predicted octanol–water partition coefficient (Wildman–Crippen LogP) is 4.23. The molecule has 4 fully saturated rings. The molecule has 1 aromatic rings. The lowest BCUT2D eigenvalue weighted by molar-refractivity contribution is -0.138. The van der Waals surface area contributed by atoms with Gasteiger partial charge in [-0.2, -0.15) is 12.6 Å². The van der Waals surface area contributed by atoms with Crippen molar-refractivity contribution in [2.24, 2.45) is 29.6 Å². The Morgan fingerprint density at radius 2 is 1.61 bits per heavy atom. The highest BCUT2D eigenvalue weighted by atomic mass is 32.1. The van der Waals surface area contributed by atoms with Gasteiger partial charge in [-0.05, 0) is 68.3 Å². The van der Waals surface area contributed by atoms with Gasteiger partial charge in [0.2, 0.25) is 5.91 Å². The van der Waals surface area contributed by atoms with Crippen molar-refractivity contribution in [1.82, 2.24) is 5.32 Å². The summed E-state index contributed by atoms with van der Waals surface area (Å²) in [6.45, 7) is 2.08. The summed E-state index contributed by atoms with van der Waals surface area (Å²) < 4.78 is 0. The molecule has 0 radical (unpaired) electrons. The van der Waals surface area contributed by atoms with Gasteiger partial charge in [0.1, 0.15) is 0 Å². The lowest BCUT2D eigenvalue weighted by atomic mass is 9.51. The Morgan fingerprint density at radius 1 is 1.04 bits per heavy atom. The highest BCUT2D eigenvalue weighted by molar-refractivity contribution is 7.80. The summed E-state index contributed by atoms with van der Waals surface area (Å²) in [5.74, 6) is 3.69. The monoisotopic (exact) mass is 329 g/mol. The van der Waals surface area contributed by atoms with Crippen LogP contribution in [0.4, 0.5) is 0 Å². The first-order chi connectivity index (χ1) is 11.1. The van der Waals surface area contributed by atoms with Gasteiger partial charge >= 0.3 is 0 Å². The zero-order valence-corrected chi connectivity index (χ0v) is 14.7. The number of hydrogen-bond acceptors (Lipinski definition) is 2. The van der Waals surface area contributed by atoms with E-state index in [1.807, 2.05) is 18.2 Å². The molecule has 0 spiro atoms. The lowest BCUT2D eigenvalue weighted by Gasteiger charge is -2.53. The Bertz CT molecular complexity index is 544. The number of rotatable bonds is 4. The van der Waals surface area contributed by atoms with Crippen molar-refractivity contribution in [3.05, 3.63) is 35.9 Å². The highest BCUT2D eigenvalue weighted by Crippen LogP contribution is 2.56. The van der Waals surface area contributed by atoms with Gasteiger partial charge in [0.25, 0.3) is 0 Å². The van der Waals surface area contributed by atoms with Crippen molar-refractivity contribution in [3.63, 3.8) is 0 Å². The third-order valence-corrected chi connectivity index (χ3v) is 7.26. The van der Waals surface area contributed by atoms with Gasteiger partial charge in [-0.25, -0.2) is 0 Å². The number of hydrogen-bond donors (Lipinski definition) is 2. The molecule has 1 N–H and O–H groups in total. The fourth-order valence-electron chi connectivity index (χ4n) is 5.69. The lowest BCUT2D eigenvalue weighted by Crippen LogP contribution is -2.52. The molecule has 4 bridgehead atoms. The summed E-state index contributed by atoms with van der Waals surface area (Å²) in [6, 6.07) is 10.3. The first-order valence-electron chi connectivity index (χ1n) is 9.15. The second-order valence-corrected chi connectivity index (χ2v) is 8.67. The first-order valence-corrected chi connectivity index (χ1v) is 9.67. The minimum atomic E-state index is 0.0528. The van der Waals surface area contributed by atoms with Crippen LogP contribution in [0.1, 0.15) is 49.8 Å². The van der Waals surface area contributed by atoms with Crippen LogP contribution >= 0.6 is 12.6 Å². The van der Waals surface area contributed by atoms with Crippen LogP contribution in [-0.4, -0.2) is 11.9 Å². The molecule has 0 heterocycles. The molecular weight excluding hydrogens is 302 g/mol. The molecule has 5 rings (SSSR count). The zero-order chi connectivity index (χ0) is 16.0. The SMILES string of the molecule is CC(NC(=O)C1C2CC3CC(C2)CC1C3)C(S)c1ccccc1. The normalized spacial score (nSPS) is 37.4. The van der Waals surface area contributed by atoms with Crippen LogP contribution in [0.25, 0.3) is 0 Å². The topological polar surface area (TPSA) is 29.1 Å². The summed E-state index contributed by atoms with van der Waals surface area (Å²) in [5.41, 5.74) is 1.17. The second kappa shape index (κ2) is 6.16. The predicted molar refractivity (Wildman–Crippen MR) is 96.3 cm³/mol. The van der Waals surface area contributed by atoms with Crippen molar-refractivity contribution in [3.8, 4) is 0 Å². The highest BCUT2D eigenvalue weighted by Gasteiger charge is 2.50. The van der Waals surface area contributed by atoms with E-state index >= 15 is 0 Å². The minimum Gasteiger partial charge on any atom is -0.352 e. The Morgan fingerprint density at radius 3 is 2.17 bits per heavy atom. The summed E-state index contributed by atoms with van der Waals surface area (Å²) in [5, 5.41) is 3.34. The average molecular weight is 330 g/mol. The summed E-state index contributed by atoms with van der Waals surface area (Å²) >= 11 is 4.74. The van der Waals surface area contributed by atoms with Crippen LogP contribution in [0.2, 0.25) is 0 Å². The van der Waals surface area contributed by atoms with Crippen molar-refractivity contribution < 1.29 is 4.79 Å². The first kappa shape index (κ1) is 15.6. The van der Waals surface area contributed by atoms with E-state index in [9.17, 15) is 4.79 Å². The Labute approximate surface area is 144 Å². The fraction of sp³-hybridized carbons (Fsp3) is 0.650. The second-order valence-electron chi connectivity index (χ2n) is 8.11. The van der Waals surface area contributed by atoms with Gasteiger partial charge < -0.3 is 5.32 Å². The molecule has 4 aliphatic carbocycles. The van der Waals surface area contributed by atoms with E-state index in [0.29, 0.717) is 17.7 Å². The van der Waals surface area contributed by atoms with Crippen LogP contribution < -0.4 is 5.32 Å². The van der Waals surface area contributed by atoms with Crippen molar-refractivity contribution in [2.45, 2.75) is 50.3 Å². The van der Waals surface area contributed by atoms with E-state index in [4.69, 9.17) is 12.6 Å². The molecule has 23 heavy (non-hydrogen) atoms. The van der Waals surface area contributed by atoms with E-state index in [1.54, 1.807) is 0 Å². The number of carbonyl (C=O) groups is 1. The van der Waals surface area contributed by atoms with Crippen LogP contribution in [0.3, 0.4) is 0 Å². The number of amides is 1. The Hall–Kier alpha value is -0.960. The third kappa shape index (κ3) is 2.93. The fourth-order valence-corrected chi connectivity index (χ4v) is 5.94. The van der Waals surface area contributed by atoms with Crippen LogP contribution in [0, 0.1) is 29.6 Å². The summed E-state index contributed by atoms with van der Waals surface area (Å²) in [4.78, 5) is 12.9. The van der Waals surface area contributed by atoms with E-state index < -0.39 is 0 Å². The van der Waals surface area contributed by atoms with E-state index in [1.165, 1.54) is 37.7 Å². The van der Waals surface area contributed by atoms with Crippen LogP contribution in [-0.2, 0) is 4.79 Å². The molecule has 1 amide bonds. The van der Waals surface area contributed by atoms with Crippen molar-refractivity contribution in [2.75, 3.05) is 0 Å². The standard InChI is InChI=1S/C20H27NOS/c1-12(19(23)15-5-3-2-4-6-15)21-20(22)18-16-8-13-7-14(10-16)11-17(18)9-13/h2-6,12-14,16-19,23H,7-11H2,1H3,(H,21,22). The number of thiol groups is 1. The molecule has 0 aliphatic heterocycles. The van der Waals surface area contributed by atoms with E-state index in [-0.39, 0.29) is 17.2 Å². The minimum absolute atomic E-state index is 0.0528. The molecule has 4 aliphatic rings. The molecule has 1 aromatic carbocycles. The van der Waals surface area contributed by atoms with Gasteiger partial charge in [-0.1, -0.05) is 30.3 Å². The number of nitrogens with one attached hydrogen (secondary N) is 1. The molecule has 0 aromatic heterocycles.